The average Bonchev–Trinajstić information content (AvgIpc) is 2.66. The van der Waals surface area contributed by atoms with E-state index in [2.05, 4.69) is 15.0 Å². The van der Waals surface area contributed by atoms with E-state index in [1.54, 1.807) is 24.6 Å². The van der Waals surface area contributed by atoms with Crippen molar-refractivity contribution in [2.24, 2.45) is 9.98 Å². The van der Waals surface area contributed by atoms with E-state index in [0.717, 1.165) is 22.8 Å². The van der Waals surface area contributed by atoms with Gasteiger partial charge in [0, 0.05) is 10.0 Å². The molecule has 140 valence electrons. The maximum atomic E-state index is 5.95. The Balaban J connectivity index is 0.000000817. The molecule has 3 rings (SSSR count). The van der Waals surface area contributed by atoms with Crippen molar-refractivity contribution in [3.05, 3.63) is 88.2 Å². The summed E-state index contributed by atoms with van der Waals surface area (Å²) in [7, 11) is 9.53. The Kier molecular flexibility index (Phi) is 9.85. The van der Waals surface area contributed by atoms with Gasteiger partial charge in [-0.25, -0.2) is 4.98 Å². The van der Waals surface area contributed by atoms with Crippen LogP contribution in [0.5, 0.6) is 0 Å². The van der Waals surface area contributed by atoms with Crippen LogP contribution < -0.4 is 0 Å². The van der Waals surface area contributed by atoms with Gasteiger partial charge in [0.15, 0.2) is 0 Å². The third-order valence-electron chi connectivity index (χ3n) is 3.10. The van der Waals surface area contributed by atoms with Crippen LogP contribution in [-0.4, -0.2) is 17.4 Å². The summed E-state index contributed by atoms with van der Waals surface area (Å²) >= 11 is 12.1. The first-order chi connectivity index (χ1) is 13.1. The topological polar surface area (TPSA) is 37.6 Å². The van der Waals surface area contributed by atoms with Gasteiger partial charge in [-0.2, -0.15) is 0 Å². The normalized spacial score (nSPS) is 11.0. The van der Waals surface area contributed by atoms with Crippen LogP contribution in [0.4, 0.5) is 11.4 Å². The zero-order chi connectivity index (χ0) is 19.5. The summed E-state index contributed by atoms with van der Waals surface area (Å²) in [5.41, 5.74) is 3.04. The molecule has 0 radical (unpaired) electrons. The zero-order valence-electron chi connectivity index (χ0n) is 13.7. The fourth-order valence-electron chi connectivity index (χ4n) is 2.01. The molecule has 1 heterocycles. The minimum absolute atomic E-state index is 0.194. The summed E-state index contributed by atoms with van der Waals surface area (Å²) in [6.45, 7) is 0. The number of pyridine rings is 1. The molecule has 0 saturated heterocycles. The van der Waals surface area contributed by atoms with Gasteiger partial charge in [0.2, 0.25) is 0 Å². The second kappa shape index (κ2) is 12.1. The van der Waals surface area contributed by atoms with Crippen molar-refractivity contribution < 1.29 is 13.1 Å². The number of hydrogen-bond donors (Lipinski definition) is 0. The molecule has 0 aliphatic carbocycles. The molecular weight excluding hydrogens is 468 g/mol. The number of nitrogens with zero attached hydrogens (tertiary/aromatic N) is 3. The molecule has 8 heteroatoms. The van der Waals surface area contributed by atoms with Gasteiger partial charge in [-0.05, 0) is 48.5 Å². The molecule has 0 fully saturated rings. The Morgan fingerprint density at radius 2 is 1.11 bits per heavy atom. The van der Waals surface area contributed by atoms with Crippen molar-refractivity contribution in [1.82, 2.24) is 4.98 Å². The van der Waals surface area contributed by atoms with Gasteiger partial charge >= 0.3 is 33.3 Å². The Hall–Kier alpha value is -1.39. The molecular formula is C19H13Cl4FeN3. The SMILES string of the molecule is Clc1cccc(N=Cc2cccc(C=Nc3cccc(Cl)c3)n2)c1.[Cl][Fe][Cl]. The average molecular weight is 481 g/mol. The summed E-state index contributed by atoms with van der Waals surface area (Å²) in [6, 6.07) is 20.4. The number of hydrogen-bond acceptors (Lipinski definition) is 3. The van der Waals surface area contributed by atoms with Gasteiger partial charge in [-0.1, -0.05) is 41.4 Å². The summed E-state index contributed by atoms with van der Waals surface area (Å²) in [5.74, 6) is 0. The van der Waals surface area contributed by atoms with Crippen molar-refractivity contribution in [2.45, 2.75) is 0 Å². The van der Waals surface area contributed by atoms with Gasteiger partial charge < -0.3 is 0 Å². The molecule has 0 atom stereocenters. The monoisotopic (exact) mass is 479 g/mol. The van der Waals surface area contributed by atoms with E-state index in [0.29, 0.717) is 10.0 Å². The third-order valence-corrected chi connectivity index (χ3v) is 3.57. The van der Waals surface area contributed by atoms with Crippen LogP contribution in [0.25, 0.3) is 0 Å². The van der Waals surface area contributed by atoms with Crippen LogP contribution in [0.3, 0.4) is 0 Å². The van der Waals surface area contributed by atoms with Crippen LogP contribution in [0.2, 0.25) is 10.0 Å². The molecule has 0 aliphatic rings. The quantitative estimate of drug-likeness (QED) is 0.286. The van der Waals surface area contributed by atoms with E-state index in [-0.39, 0.29) is 13.1 Å². The number of aromatic nitrogens is 1. The third kappa shape index (κ3) is 8.44. The molecule has 3 nitrogen and oxygen atoms in total. The van der Waals surface area contributed by atoms with E-state index in [4.69, 9.17) is 43.4 Å². The number of halogens is 4. The van der Waals surface area contributed by atoms with Crippen LogP contribution in [-0.2, 0) is 13.1 Å². The van der Waals surface area contributed by atoms with E-state index in [1.165, 1.54) is 0 Å². The number of rotatable bonds is 4. The van der Waals surface area contributed by atoms with Crippen molar-refractivity contribution in [1.29, 1.82) is 0 Å². The molecule has 0 amide bonds. The Labute approximate surface area is 182 Å². The second-order valence-electron chi connectivity index (χ2n) is 5.01. The molecule has 27 heavy (non-hydrogen) atoms. The van der Waals surface area contributed by atoms with E-state index in [9.17, 15) is 0 Å². The molecule has 0 aliphatic heterocycles. The van der Waals surface area contributed by atoms with Crippen LogP contribution in [0.1, 0.15) is 11.4 Å². The predicted octanol–water partition coefficient (Wildman–Crippen LogP) is 7.27. The van der Waals surface area contributed by atoms with Crippen LogP contribution in [0.15, 0.2) is 76.7 Å². The summed E-state index contributed by atoms with van der Waals surface area (Å²) in [4.78, 5) is 13.2. The molecule has 0 unspecified atom stereocenters. The molecule has 1 aromatic heterocycles. The fraction of sp³-hybridized carbons (Fsp3) is 0. The Morgan fingerprint density at radius 1 is 0.704 bits per heavy atom. The van der Waals surface area contributed by atoms with Gasteiger partial charge in [0.25, 0.3) is 0 Å². The van der Waals surface area contributed by atoms with Crippen molar-refractivity contribution >= 4 is 67.2 Å². The molecule has 3 aromatic rings. The molecule has 0 saturated carbocycles. The minimum atomic E-state index is 0.194. The zero-order valence-corrected chi connectivity index (χ0v) is 17.8. The first-order valence-electron chi connectivity index (χ1n) is 7.52. The second-order valence-corrected chi connectivity index (χ2v) is 7.71. The number of benzene rings is 2. The van der Waals surface area contributed by atoms with Gasteiger partial charge in [-0.15, -0.1) is 0 Å². The van der Waals surface area contributed by atoms with Gasteiger partial charge in [0.05, 0.1) is 35.2 Å². The van der Waals surface area contributed by atoms with Crippen LogP contribution >= 0.6 is 43.4 Å². The molecule has 0 bridgehead atoms. The summed E-state index contributed by atoms with van der Waals surface area (Å²) in [5, 5.41) is 1.31. The first-order valence-corrected chi connectivity index (χ1v) is 11.3. The van der Waals surface area contributed by atoms with E-state index >= 15 is 0 Å². The fourth-order valence-corrected chi connectivity index (χ4v) is 2.38. The molecule has 0 N–H and O–H groups in total. The van der Waals surface area contributed by atoms with Crippen molar-refractivity contribution in [3.63, 3.8) is 0 Å². The summed E-state index contributed by atoms with van der Waals surface area (Å²) < 4.78 is 0. The van der Waals surface area contributed by atoms with E-state index in [1.807, 2.05) is 54.6 Å². The van der Waals surface area contributed by atoms with Crippen LogP contribution in [0, 0.1) is 0 Å². The standard InChI is InChI=1S/C19H13Cl2N3.2ClH.Fe/c20-14-4-1-6-16(10-14)22-12-18-8-3-9-19(24-18)13-23-17-7-2-5-15(21)11-17;;;/h1-13H;2*1H;/q;;;+2/p-2. The molecule has 0 spiro atoms. The number of aliphatic imine (C=N–C) groups is 2. The van der Waals surface area contributed by atoms with Gasteiger partial charge in [-0.3, -0.25) is 9.98 Å². The Morgan fingerprint density at radius 3 is 1.52 bits per heavy atom. The summed E-state index contributed by atoms with van der Waals surface area (Å²) in [6.07, 6.45) is 3.39. The first kappa shape index (κ1) is 21.9. The van der Waals surface area contributed by atoms with Crippen molar-refractivity contribution in [2.75, 3.05) is 0 Å². The molecule has 2 aromatic carbocycles. The van der Waals surface area contributed by atoms with Crippen molar-refractivity contribution in [3.8, 4) is 0 Å². The maximum absolute atomic E-state index is 5.95. The predicted molar refractivity (Wildman–Crippen MR) is 113 cm³/mol. The van der Waals surface area contributed by atoms with E-state index < -0.39 is 0 Å². The Bertz CT molecular complexity index is 861. The van der Waals surface area contributed by atoms with Gasteiger partial charge in [0.1, 0.15) is 0 Å².